The van der Waals surface area contributed by atoms with Crippen LogP contribution in [0.25, 0.3) is 0 Å². The summed E-state index contributed by atoms with van der Waals surface area (Å²) in [5.74, 6) is 0.753. The number of amides is 1. The normalized spacial score (nSPS) is 21.5. The van der Waals surface area contributed by atoms with Crippen LogP contribution < -0.4 is 0 Å². The molecule has 23 heavy (non-hydrogen) atoms. The highest BCUT2D eigenvalue weighted by Gasteiger charge is 2.25. The second-order valence-corrected chi connectivity index (χ2v) is 6.86. The molecule has 0 N–H and O–H groups in total. The van der Waals surface area contributed by atoms with E-state index in [1.807, 2.05) is 0 Å². The summed E-state index contributed by atoms with van der Waals surface area (Å²) in [6.07, 6.45) is 10.8. The topological polar surface area (TPSA) is 34.5 Å². The Kier molecular flexibility index (Phi) is 5.55. The number of hydrogen-bond donors (Lipinski definition) is 0. The monoisotopic (exact) mass is 316 g/mol. The van der Waals surface area contributed by atoms with Gasteiger partial charge < -0.3 is 14.2 Å². The molecule has 4 nitrogen and oxygen atoms in total. The standard InChI is InChI=1S/C19H28N2O2/c1-23-11-9-17-13-20-10-5-8-18(20)15-21(14-17)19(22)12-16-6-3-2-4-7-16/h5-6,8,10,17H,2-4,7,9,11-15H2,1H3. The summed E-state index contributed by atoms with van der Waals surface area (Å²) in [4.78, 5) is 14.9. The van der Waals surface area contributed by atoms with Gasteiger partial charge in [-0.2, -0.15) is 0 Å². The van der Waals surface area contributed by atoms with Crippen molar-refractivity contribution in [1.29, 1.82) is 0 Å². The number of nitrogens with zero attached hydrogens (tertiary/aromatic N) is 2. The fourth-order valence-electron chi connectivity index (χ4n) is 3.71. The lowest BCUT2D eigenvalue weighted by atomic mass is 9.96. The van der Waals surface area contributed by atoms with Crippen LogP contribution in [0.4, 0.5) is 0 Å². The first-order valence-electron chi connectivity index (χ1n) is 8.85. The van der Waals surface area contributed by atoms with E-state index in [9.17, 15) is 4.79 Å². The van der Waals surface area contributed by atoms with Crippen molar-refractivity contribution in [2.24, 2.45) is 5.92 Å². The predicted octanol–water partition coefficient (Wildman–Crippen LogP) is 3.37. The molecule has 0 saturated carbocycles. The highest BCUT2D eigenvalue weighted by molar-refractivity contribution is 5.78. The third-order valence-electron chi connectivity index (χ3n) is 5.06. The molecule has 0 saturated heterocycles. The van der Waals surface area contributed by atoms with Crippen LogP contribution in [0, 0.1) is 5.92 Å². The number of hydrogen-bond acceptors (Lipinski definition) is 2. The van der Waals surface area contributed by atoms with Crippen LogP contribution in [0.5, 0.6) is 0 Å². The van der Waals surface area contributed by atoms with Crippen LogP contribution in [0.15, 0.2) is 30.0 Å². The number of allylic oxidation sites excluding steroid dienone is 1. The van der Waals surface area contributed by atoms with E-state index in [2.05, 4.69) is 33.9 Å². The van der Waals surface area contributed by atoms with Crippen LogP contribution in [0.3, 0.4) is 0 Å². The molecule has 1 aromatic rings. The van der Waals surface area contributed by atoms with Crippen LogP contribution in [0.1, 0.15) is 44.2 Å². The van der Waals surface area contributed by atoms with Crippen molar-refractivity contribution in [2.75, 3.05) is 20.3 Å². The average Bonchev–Trinajstić information content (AvgIpc) is 2.92. The first kappa shape index (κ1) is 16.3. The minimum atomic E-state index is 0.287. The predicted molar refractivity (Wildman–Crippen MR) is 91.0 cm³/mol. The molecule has 1 amide bonds. The van der Waals surface area contributed by atoms with Gasteiger partial charge in [0.1, 0.15) is 0 Å². The number of rotatable bonds is 5. The Labute approximate surface area is 139 Å². The maximum atomic E-state index is 12.8. The van der Waals surface area contributed by atoms with Gasteiger partial charge in [-0.25, -0.2) is 0 Å². The molecule has 1 aliphatic heterocycles. The van der Waals surface area contributed by atoms with E-state index in [0.717, 1.165) is 45.5 Å². The third-order valence-corrected chi connectivity index (χ3v) is 5.06. The molecule has 1 unspecified atom stereocenters. The Balaban J connectivity index is 1.69. The van der Waals surface area contributed by atoms with E-state index in [-0.39, 0.29) is 5.91 Å². The van der Waals surface area contributed by atoms with Gasteiger partial charge in [0.25, 0.3) is 0 Å². The molecule has 0 radical (unpaired) electrons. The molecular formula is C19H28N2O2. The highest BCUT2D eigenvalue weighted by Crippen LogP contribution is 2.24. The van der Waals surface area contributed by atoms with Gasteiger partial charge in [-0.3, -0.25) is 4.79 Å². The Hall–Kier alpha value is -1.55. The summed E-state index contributed by atoms with van der Waals surface area (Å²) in [6, 6.07) is 4.22. The summed E-state index contributed by atoms with van der Waals surface area (Å²) < 4.78 is 7.55. The van der Waals surface area contributed by atoms with Crippen molar-refractivity contribution in [3.63, 3.8) is 0 Å². The average molecular weight is 316 g/mol. The molecule has 0 spiro atoms. The van der Waals surface area contributed by atoms with Gasteiger partial charge in [-0.1, -0.05) is 11.6 Å². The molecule has 0 bridgehead atoms. The number of ether oxygens (including phenoxy) is 1. The van der Waals surface area contributed by atoms with E-state index in [1.165, 1.54) is 24.1 Å². The molecule has 1 aromatic heterocycles. The van der Waals surface area contributed by atoms with Crippen molar-refractivity contribution >= 4 is 5.91 Å². The fraction of sp³-hybridized carbons (Fsp3) is 0.632. The molecule has 126 valence electrons. The van der Waals surface area contributed by atoms with E-state index in [4.69, 9.17) is 4.74 Å². The molecular weight excluding hydrogens is 288 g/mol. The van der Waals surface area contributed by atoms with Crippen molar-refractivity contribution in [3.8, 4) is 0 Å². The van der Waals surface area contributed by atoms with Gasteiger partial charge >= 0.3 is 0 Å². The Bertz CT molecular complexity index is 561. The second-order valence-electron chi connectivity index (χ2n) is 6.86. The van der Waals surface area contributed by atoms with Crippen LogP contribution >= 0.6 is 0 Å². The van der Waals surface area contributed by atoms with Gasteiger partial charge in [0.15, 0.2) is 0 Å². The number of aromatic nitrogens is 1. The first-order chi connectivity index (χ1) is 11.3. The molecule has 1 atom stereocenters. The lowest BCUT2D eigenvalue weighted by molar-refractivity contribution is -0.131. The SMILES string of the molecule is COCCC1CN(C(=O)CC2=CCCCC2)Cc2cccn2C1. The quantitative estimate of drug-likeness (QED) is 0.781. The fourth-order valence-corrected chi connectivity index (χ4v) is 3.71. The highest BCUT2D eigenvalue weighted by atomic mass is 16.5. The second kappa shape index (κ2) is 7.82. The summed E-state index contributed by atoms with van der Waals surface area (Å²) in [5.41, 5.74) is 2.59. The molecule has 2 aliphatic rings. The molecule has 0 aromatic carbocycles. The summed E-state index contributed by atoms with van der Waals surface area (Å²) in [5, 5.41) is 0. The summed E-state index contributed by atoms with van der Waals surface area (Å²) >= 11 is 0. The lowest BCUT2D eigenvalue weighted by Gasteiger charge is -2.25. The van der Waals surface area contributed by atoms with Gasteiger partial charge in [-0.05, 0) is 50.2 Å². The number of fused-ring (bicyclic) bond motifs is 1. The van der Waals surface area contributed by atoms with Crippen molar-refractivity contribution in [2.45, 2.75) is 51.6 Å². The Morgan fingerprint density at radius 2 is 2.26 bits per heavy atom. The zero-order valence-electron chi connectivity index (χ0n) is 14.2. The molecule has 1 aliphatic carbocycles. The lowest BCUT2D eigenvalue weighted by Crippen LogP contribution is -2.34. The smallest absolute Gasteiger partial charge is 0.227 e. The maximum Gasteiger partial charge on any atom is 0.227 e. The van der Waals surface area contributed by atoms with E-state index in [0.29, 0.717) is 12.3 Å². The largest absolute Gasteiger partial charge is 0.385 e. The molecule has 2 heterocycles. The van der Waals surface area contributed by atoms with Crippen LogP contribution in [0.2, 0.25) is 0 Å². The van der Waals surface area contributed by atoms with Gasteiger partial charge in [0.2, 0.25) is 5.91 Å². The first-order valence-corrected chi connectivity index (χ1v) is 8.85. The summed E-state index contributed by atoms with van der Waals surface area (Å²) in [7, 11) is 1.75. The zero-order chi connectivity index (χ0) is 16.1. The number of carbonyl (C=O) groups excluding carboxylic acids is 1. The molecule has 3 rings (SSSR count). The van der Waals surface area contributed by atoms with Gasteiger partial charge in [0, 0.05) is 45.1 Å². The minimum Gasteiger partial charge on any atom is -0.385 e. The Morgan fingerprint density at radius 3 is 3.04 bits per heavy atom. The van der Waals surface area contributed by atoms with E-state index in [1.54, 1.807) is 7.11 Å². The van der Waals surface area contributed by atoms with E-state index < -0.39 is 0 Å². The summed E-state index contributed by atoms with van der Waals surface area (Å²) in [6.45, 7) is 3.33. The third kappa shape index (κ3) is 4.25. The van der Waals surface area contributed by atoms with Gasteiger partial charge in [0.05, 0.1) is 6.54 Å². The van der Waals surface area contributed by atoms with Crippen molar-refractivity contribution < 1.29 is 9.53 Å². The van der Waals surface area contributed by atoms with Crippen molar-refractivity contribution in [1.82, 2.24) is 9.47 Å². The number of methoxy groups -OCH3 is 1. The van der Waals surface area contributed by atoms with Crippen molar-refractivity contribution in [3.05, 3.63) is 35.7 Å². The minimum absolute atomic E-state index is 0.287. The van der Waals surface area contributed by atoms with E-state index >= 15 is 0 Å². The molecule has 4 heteroatoms. The van der Waals surface area contributed by atoms with Crippen LogP contribution in [-0.4, -0.2) is 35.6 Å². The molecule has 0 fully saturated rings. The number of carbonyl (C=O) groups is 1. The maximum absolute atomic E-state index is 12.8. The van der Waals surface area contributed by atoms with Crippen LogP contribution in [-0.2, 0) is 22.6 Å². The zero-order valence-corrected chi connectivity index (χ0v) is 14.2. The Morgan fingerprint density at radius 1 is 1.35 bits per heavy atom. The van der Waals surface area contributed by atoms with Gasteiger partial charge in [-0.15, -0.1) is 0 Å².